The topological polar surface area (TPSA) is 20.2 Å². The van der Waals surface area contributed by atoms with Gasteiger partial charge in [-0.05, 0) is 12.1 Å². The Balaban J connectivity index is 3.08. The van der Waals surface area contributed by atoms with Crippen LogP contribution in [0.2, 0.25) is 0 Å². The fourth-order valence-electron chi connectivity index (χ4n) is 0.484. The van der Waals surface area contributed by atoms with Crippen LogP contribution in [-0.2, 0) is 12.6 Å². The van der Waals surface area contributed by atoms with E-state index in [1.807, 2.05) is 0 Å². The van der Waals surface area contributed by atoms with E-state index in [0.29, 0.717) is 4.90 Å². The molecule has 0 aliphatic rings. The number of hydrogen-bond donors (Lipinski definition) is 1. The van der Waals surface area contributed by atoms with Gasteiger partial charge in [0.15, 0.2) is 0 Å². The maximum Gasteiger partial charge on any atom is 0.114 e. The van der Waals surface area contributed by atoms with Crippen LogP contribution in [0.5, 0.6) is 5.75 Å². The molecule has 8 heavy (non-hydrogen) atoms. The zero-order valence-electron chi connectivity index (χ0n) is 4.16. The molecule has 0 heterocycles. The van der Waals surface area contributed by atoms with Gasteiger partial charge in [0.25, 0.3) is 0 Å². The lowest BCUT2D eigenvalue weighted by atomic mass is 10.3. The van der Waals surface area contributed by atoms with Crippen molar-refractivity contribution in [2.75, 3.05) is 0 Å². The van der Waals surface area contributed by atoms with Crippen molar-refractivity contribution in [1.82, 2.24) is 0 Å². The Hall–Kier alpha value is -0.760. The van der Waals surface area contributed by atoms with Gasteiger partial charge in [-0.15, -0.1) is 0 Å². The summed E-state index contributed by atoms with van der Waals surface area (Å²) in [6, 6.07) is 6.61. The number of aromatic hydroxyl groups is 1. The minimum absolute atomic E-state index is 0.234. The molecule has 0 amide bonds. The van der Waals surface area contributed by atoms with Crippen molar-refractivity contribution < 1.29 is 5.11 Å². The molecule has 0 aliphatic carbocycles. The maximum atomic E-state index is 8.75. The molecular weight excluding hydrogens is 120 g/mol. The molecule has 1 aromatic rings. The van der Waals surface area contributed by atoms with Gasteiger partial charge in [0.05, 0.1) is 0 Å². The first kappa shape index (κ1) is 5.38. The lowest BCUT2D eigenvalue weighted by Gasteiger charge is -2.01. The van der Waals surface area contributed by atoms with Crippen molar-refractivity contribution in [3.8, 4) is 5.75 Å². The first-order valence-corrected chi connectivity index (χ1v) is 2.66. The Kier molecular flexibility index (Phi) is 1.35. The highest BCUT2D eigenvalue weighted by Crippen LogP contribution is 2.08. The molecular formula is C6H5OS-. The molecule has 0 radical (unpaired) electrons. The third-order valence-corrected chi connectivity index (χ3v) is 1.07. The summed E-state index contributed by atoms with van der Waals surface area (Å²) >= 11 is 4.74. The van der Waals surface area contributed by atoms with Gasteiger partial charge in [-0.2, -0.15) is 4.90 Å². The van der Waals surface area contributed by atoms with Gasteiger partial charge in [0.2, 0.25) is 0 Å². The number of phenolic OH excluding ortho intramolecular Hbond substituents is 1. The van der Waals surface area contributed by atoms with Crippen molar-refractivity contribution in [1.29, 1.82) is 0 Å². The van der Waals surface area contributed by atoms with E-state index in [4.69, 9.17) is 17.7 Å². The number of hydrogen-bond acceptors (Lipinski definition) is 2. The van der Waals surface area contributed by atoms with E-state index in [1.54, 1.807) is 18.2 Å². The number of phenols is 1. The highest BCUT2D eigenvalue weighted by Gasteiger charge is 1.77. The summed E-state index contributed by atoms with van der Waals surface area (Å²) in [6.07, 6.45) is 0. The smallest absolute Gasteiger partial charge is 0.114 e. The Morgan fingerprint density at radius 1 is 1.38 bits per heavy atom. The molecule has 0 spiro atoms. The lowest BCUT2D eigenvalue weighted by Crippen LogP contribution is -1.66. The van der Waals surface area contributed by atoms with Crippen molar-refractivity contribution in [2.24, 2.45) is 0 Å². The van der Waals surface area contributed by atoms with Crippen LogP contribution in [-0.4, -0.2) is 5.11 Å². The van der Waals surface area contributed by atoms with E-state index in [2.05, 4.69) is 0 Å². The van der Waals surface area contributed by atoms with Crippen LogP contribution < -0.4 is 0 Å². The molecule has 0 unspecified atom stereocenters. The fourth-order valence-corrected chi connectivity index (χ4v) is 0.683. The molecule has 0 atom stereocenters. The Labute approximate surface area is 53.4 Å². The Bertz CT molecular complexity index is 168. The van der Waals surface area contributed by atoms with Gasteiger partial charge < -0.3 is 17.7 Å². The Morgan fingerprint density at radius 3 is 2.50 bits per heavy atom. The second kappa shape index (κ2) is 2.01. The predicted molar refractivity (Wildman–Crippen MR) is 33.7 cm³/mol. The van der Waals surface area contributed by atoms with Crippen LogP contribution >= 0.6 is 0 Å². The van der Waals surface area contributed by atoms with Crippen LogP contribution in [0.3, 0.4) is 0 Å². The third kappa shape index (κ3) is 1.10. The van der Waals surface area contributed by atoms with Gasteiger partial charge in [0, 0.05) is 0 Å². The summed E-state index contributed by atoms with van der Waals surface area (Å²) in [5.41, 5.74) is 0. The molecule has 1 N–H and O–H groups in total. The maximum absolute atomic E-state index is 8.75. The van der Waals surface area contributed by atoms with Crippen molar-refractivity contribution in [3.05, 3.63) is 24.3 Å². The van der Waals surface area contributed by atoms with E-state index in [-0.39, 0.29) is 5.75 Å². The summed E-state index contributed by atoms with van der Waals surface area (Å²) < 4.78 is 0. The summed E-state index contributed by atoms with van der Waals surface area (Å²) in [6.45, 7) is 0. The minimum atomic E-state index is 0.234. The van der Waals surface area contributed by atoms with Crippen molar-refractivity contribution in [2.45, 2.75) is 4.90 Å². The molecule has 42 valence electrons. The quantitative estimate of drug-likeness (QED) is 0.527. The van der Waals surface area contributed by atoms with Gasteiger partial charge in [-0.3, -0.25) is 0 Å². The predicted octanol–water partition coefficient (Wildman–Crippen LogP) is 1.30. The van der Waals surface area contributed by atoms with E-state index < -0.39 is 0 Å². The zero-order chi connectivity index (χ0) is 5.98. The summed E-state index contributed by atoms with van der Waals surface area (Å²) in [5.74, 6) is 0.234. The molecule has 0 saturated heterocycles. The Morgan fingerprint density at radius 2 is 2.12 bits per heavy atom. The third-order valence-electron chi connectivity index (χ3n) is 0.818. The SMILES string of the molecule is Oc1cccc([S-])c1. The molecule has 0 fully saturated rings. The molecule has 2 heteroatoms. The number of rotatable bonds is 0. The van der Waals surface area contributed by atoms with E-state index >= 15 is 0 Å². The van der Waals surface area contributed by atoms with Crippen LogP contribution in [0.4, 0.5) is 0 Å². The van der Waals surface area contributed by atoms with Crippen LogP contribution in [0.15, 0.2) is 29.2 Å². The molecule has 0 aliphatic heterocycles. The van der Waals surface area contributed by atoms with Gasteiger partial charge in [-0.25, -0.2) is 0 Å². The molecule has 0 bridgehead atoms. The van der Waals surface area contributed by atoms with Crippen LogP contribution in [0.1, 0.15) is 0 Å². The van der Waals surface area contributed by atoms with E-state index in [0.717, 1.165) is 0 Å². The standard InChI is InChI=1S/C6H6OS/c7-5-2-1-3-6(8)4-5/h1-4,7-8H/p-1. The number of benzene rings is 1. The van der Waals surface area contributed by atoms with E-state index in [1.165, 1.54) is 6.07 Å². The van der Waals surface area contributed by atoms with Gasteiger partial charge >= 0.3 is 0 Å². The monoisotopic (exact) mass is 125 g/mol. The first-order valence-electron chi connectivity index (χ1n) is 2.25. The fraction of sp³-hybridized carbons (Fsp3) is 0. The van der Waals surface area contributed by atoms with E-state index in [9.17, 15) is 0 Å². The summed E-state index contributed by atoms with van der Waals surface area (Å²) in [7, 11) is 0. The normalized spacial score (nSPS) is 9.00. The highest BCUT2D eigenvalue weighted by molar-refractivity contribution is 7.58. The molecule has 1 rings (SSSR count). The first-order chi connectivity index (χ1) is 3.79. The summed E-state index contributed by atoms with van der Waals surface area (Å²) in [4.78, 5) is 0.671. The molecule has 1 nitrogen and oxygen atoms in total. The summed E-state index contributed by atoms with van der Waals surface area (Å²) in [5, 5.41) is 8.75. The largest absolute Gasteiger partial charge is 0.780 e. The average molecular weight is 125 g/mol. The van der Waals surface area contributed by atoms with Crippen LogP contribution in [0, 0.1) is 0 Å². The minimum Gasteiger partial charge on any atom is -0.780 e. The zero-order valence-corrected chi connectivity index (χ0v) is 4.98. The van der Waals surface area contributed by atoms with Crippen molar-refractivity contribution in [3.63, 3.8) is 0 Å². The highest BCUT2D eigenvalue weighted by atomic mass is 32.1. The average Bonchev–Trinajstić information content (AvgIpc) is 1.64. The molecule has 0 saturated carbocycles. The second-order valence-corrected chi connectivity index (χ2v) is 1.97. The van der Waals surface area contributed by atoms with Crippen LogP contribution in [0.25, 0.3) is 0 Å². The van der Waals surface area contributed by atoms with Crippen molar-refractivity contribution >= 4 is 12.6 Å². The van der Waals surface area contributed by atoms with Gasteiger partial charge in [-0.1, -0.05) is 12.1 Å². The second-order valence-electron chi connectivity index (χ2n) is 1.50. The molecule has 0 aromatic heterocycles. The lowest BCUT2D eigenvalue weighted by molar-refractivity contribution is 0.474. The van der Waals surface area contributed by atoms with Gasteiger partial charge in [0.1, 0.15) is 5.75 Å². The molecule has 1 aromatic carbocycles.